The molecule has 2 aromatic heterocycles. The van der Waals surface area contributed by atoms with E-state index in [1.54, 1.807) is 12.1 Å². The van der Waals surface area contributed by atoms with Crippen molar-refractivity contribution >= 4 is 21.8 Å². The third-order valence-electron chi connectivity index (χ3n) is 3.08. The molecule has 0 unspecified atom stereocenters. The Morgan fingerprint density at radius 3 is 2.00 bits per heavy atom. The van der Waals surface area contributed by atoms with Crippen molar-refractivity contribution in [1.29, 1.82) is 0 Å². The van der Waals surface area contributed by atoms with E-state index in [4.69, 9.17) is 0 Å². The first-order valence-electron chi connectivity index (χ1n) is 6.64. The molecule has 0 spiro atoms. The van der Waals surface area contributed by atoms with Crippen LogP contribution in [-0.2, 0) is 0 Å². The molecular weight excluding hydrogens is 263 g/mol. The smallest absolute Gasteiger partial charge is 0.213 e. The van der Waals surface area contributed by atoms with Gasteiger partial charge in [-0.2, -0.15) is 4.39 Å². The van der Waals surface area contributed by atoms with Crippen LogP contribution >= 0.6 is 0 Å². The largest absolute Gasteiger partial charge is 0.256 e. The first-order chi connectivity index (χ1) is 10.3. The maximum absolute atomic E-state index is 12.5. The Balaban J connectivity index is 0.000000126. The Morgan fingerprint density at radius 2 is 1.24 bits per heavy atom. The zero-order chi connectivity index (χ0) is 14.5. The van der Waals surface area contributed by atoms with E-state index >= 15 is 0 Å². The minimum absolute atomic E-state index is 0.427. The first-order valence-corrected chi connectivity index (χ1v) is 6.64. The molecule has 102 valence electrons. The van der Waals surface area contributed by atoms with Gasteiger partial charge in [-0.15, -0.1) is 0 Å². The van der Waals surface area contributed by atoms with Gasteiger partial charge in [0.1, 0.15) is 0 Å². The quantitative estimate of drug-likeness (QED) is 0.438. The third kappa shape index (κ3) is 3.20. The molecular formula is C18H13FN2. The molecule has 0 bridgehead atoms. The van der Waals surface area contributed by atoms with Crippen LogP contribution in [0.3, 0.4) is 0 Å². The van der Waals surface area contributed by atoms with Crippen LogP contribution in [0.25, 0.3) is 21.8 Å². The summed E-state index contributed by atoms with van der Waals surface area (Å²) in [7, 11) is 0. The maximum atomic E-state index is 12.5. The lowest BCUT2D eigenvalue weighted by molar-refractivity contribution is 0.589. The molecule has 0 aliphatic carbocycles. The van der Waals surface area contributed by atoms with Crippen molar-refractivity contribution in [2.24, 2.45) is 0 Å². The number of hydrogen-bond donors (Lipinski definition) is 0. The molecule has 21 heavy (non-hydrogen) atoms. The van der Waals surface area contributed by atoms with Crippen LogP contribution in [0.5, 0.6) is 0 Å². The summed E-state index contributed by atoms with van der Waals surface area (Å²) in [4.78, 5) is 7.89. The van der Waals surface area contributed by atoms with Gasteiger partial charge in [-0.1, -0.05) is 42.5 Å². The number of nitrogens with zero attached hydrogens (tertiary/aromatic N) is 2. The number of rotatable bonds is 0. The number of fused-ring (bicyclic) bond motifs is 2. The molecule has 0 aliphatic heterocycles. The molecule has 0 saturated heterocycles. The van der Waals surface area contributed by atoms with E-state index < -0.39 is 5.95 Å². The molecule has 0 aliphatic rings. The number of halogens is 1. The minimum Gasteiger partial charge on any atom is -0.256 e. The topological polar surface area (TPSA) is 25.8 Å². The van der Waals surface area contributed by atoms with Gasteiger partial charge in [-0.3, -0.25) is 4.98 Å². The third-order valence-corrected chi connectivity index (χ3v) is 3.08. The molecule has 2 nitrogen and oxygen atoms in total. The SMILES string of the molecule is Fc1ccc2ccccc2n1.c1ccc2ncccc2c1. The fourth-order valence-electron chi connectivity index (χ4n) is 2.06. The molecule has 4 rings (SSSR count). The lowest BCUT2D eigenvalue weighted by Crippen LogP contribution is -1.81. The predicted octanol–water partition coefficient (Wildman–Crippen LogP) is 4.61. The average Bonchev–Trinajstić information content (AvgIpc) is 2.55. The highest BCUT2D eigenvalue weighted by atomic mass is 19.1. The van der Waals surface area contributed by atoms with E-state index in [2.05, 4.69) is 22.1 Å². The first kappa shape index (κ1) is 13.2. The van der Waals surface area contributed by atoms with Crippen LogP contribution in [0.4, 0.5) is 4.39 Å². The number of pyridine rings is 2. The normalized spacial score (nSPS) is 10.1. The van der Waals surface area contributed by atoms with Crippen molar-refractivity contribution in [2.45, 2.75) is 0 Å². The van der Waals surface area contributed by atoms with E-state index in [-0.39, 0.29) is 0 Å². The number of para-hydroxylation sites is 2. The van der Waals surface area contributed by atoms with Crippen LogP contribution in [0, 0.1) is 5.95 Å². The Bertz CT molecular complexity index is 809. The summed E-state index contributed by atoms with van der Waals surface area (Å²) in [6.07, 6.45) is 1.81. The highest BCUT2D eigenvalue weighted by Crippen LogP contribution is 2.10. The van der Waals surface area contributed by atoms with Crippen LogP contribution < -0.4 is 0 Å². The summed E-state index contributed by atoms with van der Waals surface area (Å²) >= 11 is 0. The molecule has 0 saturated carbocycles. The van der Waals surface area contributed by atoms with Crippen molar-refractivity contribution in [3.8, 4) is 0 Å². The van der Waals surface area contributed by atoms with Gasteiger partial charge in [-0.25, -0.2) is 4.98 Å². The summed E-state index contributed by atoms with van der Waals surface area (Å²) in [5.41, 5.74) is 1.76. The van der Waals surface area contributed by atoms with Crippen molar-refractivity contribution < 1.29 is 4.39 Å². The van der Waals surface area contributed by atoms with Crippen LogP contribution in [-0.4, -0.2) is 9.97 Å². The zero-order valence-electron chi connectivity index (χ0n) is 11.3. The van der Waals surface area contributed by atoms with E-state index in [0.29, 0.717) is 5.52 Å². The summed E-state index contributed by atoms with van der Waals surface area (Å²) in [6, 6.07) is 22.6. The van der Waals surface area contributed by atoms with Gasteiger partial charge in [0.2, 0.25) is 5.95 Å². The molecule has 0 atom stereocenters. The molecule has 2 aromatic carbocycles. The molecule has 0 N–H and O–H groups in total. The summed E-state index contributed by atoms with van der Waals surface area (Å²) in [5, 5.41) is 2.17. The van der Waals surface area contributed by atoms with Crippen molar-refractivity contribution in [2.75, 3.05) is 0 Å². The van der Waals surface area contributed by atoms with Gasteiger partial charge < -0.3 is 0 Å². The lowest BCUT2D eigenvalue weighted by Gasteiger charge is -1.93. The average molecular weight is 276 g/mol. The summed E-state index contributed by atoms with van der Waals surface area (Å²) in [6.45, 7) is 0. The number of benzene rings is 2. The van der Waals surface area contributed by atoms with Gasteiger partial charge in [0.15, 0.2) is 0 Å². The zero-order valence-corrected chi connectivity index (χ0v) is 11.3. The van der Waals surface area contributed by atoms with Gasteiger partial charge >= 0.3 is 0 Å². The van der Waals surface area contributed by atoms with Crippen molar-refractivity contribution in [3.05, 3.63) is 84.9 Å². The Morgan fingerprint density at radius 1 is 0.619 bits per heavy atom. The minimum atomic E-state index is -0.427. The number of hydrogen-bond acceptors (Lipinski definition) is 2. The van der Waals surface area contributed by atoms with E-state index in [1.807, 2.05) is 48.7 Å². The second kappa shape index (κ2) is 6.09. The monoisotopic (exact) mass is 276 g/mol. The van der Waals surface area contributed by atoms with Crippen LogP contribution in [0.1, 0.15) is 0 Å². The van der Waals surface area contributed by atoms with Gasteiger partial charge in [-0.05, 0) is 30.3 Å². The molecule has 3 heteroatoms. The molecule has 4 aromatic rings. The molecule has 0 radical (unpaired) electrons. The fourth-order valence-corrected chi connectivity index (χ4v) is 2.06. The highest BCUT2D eigenvalue weighted by molar-refractivity contribution is 5.78. The van der Waals surface area contributed by atoms with E-state index in [1.165, 1.54) is 11.5 Å². The second-order valence-electron chi connectivity index (χ2n) is 4.52. The van der Waals surface area contributed by atoms with E-state index in [0.717, 1.165) is 10.9 Å². The molecule has 0 amide bonds. The molecule has 2 heterocycles. The maximum Gasteiger partial charge on any atom is 0.213 e. The Labute approximate surface area is 121 Å². The van der Waals surface area contributed by atoms with Crippen LogP contribution in [0.2, 0.25) is 0 Å². The van der Waals surface area contributed by atoms with Crippen molar-refractivity contribution in [3.63, 3.8) is 0 Å². The van der Waals surface area contributed by atoms with Gasteiger partial charge in [0, 0.05) is 17.0 Å². The van der Waals surface area contributed by atoms with Crippen molar-refractivity contribution in [1.82, 2.24) is 9.97 Å². The lowest BCUT2D eigenvalue weighted by atomic mass is 10.2. The highest BCUT2D eigenvalue weighted by Gasteiger charge is 1.93. The molecule has 0 fully saturated rings. The van der Waals surface area contributed by atoms with E-state index in [9.17, 15) is 4.39 Å². The standard InChI is InChI=1S/C9H6FN.C9H7N/c10-9-6-5-7-3-1-2-4-8(7)11-9;1-2-6-9-8(4-1)5-3-7-10-9/h1-6H;1-7H. The Kier molecular flexibility index (Phi) is 3.83. The van der Waals surface area contributed by atoms with Gasteiger partial charge in [0.05, 0.1) is 11.0 Å². The summed E-state index contributed by atoms with van der Waals surface area (Å²) in [5.74, 6) is -0.427. The second-order valence-corrected chi connectivity index (χ2v) is 4.52. The number of aromatic nitrogens is 2. The Hall–Kier alpha value is -2.81. The van der Waals surface area contributed by atoms with Crippen LogP contribution in [0.15, 0.2) is 79.0 Å². The fraction of sp³-hybridized carbons (Fsp3) is 0. The summed E-state index contributed by atoms with van der Waals surface area (Å²) < 4.78 is 12.5. The van der Waals surface area contributed by atoms with Gasteiger partial charge in [0.25, 0.3) is 0 Å². The predicted molar refractivity (Wildman–Crippen MR) is 83.4 cm³/mol.